The van der Waals surface area contributed by atoms with Gasteiger partial charge in [0, 0.05) is 24.6 Å². The van der Waals surface area contributed by atoms with Gasteiger partial charge in [0.2, 0.25) is 0 Å². The number of nitrogens with zero attached hydrogens (tertiary/aromatic N) is 1. The van der Waals surface area contributed by atoms with Crippen LogP contribution in [-0.2, 0) is 21.5 Å². The van der Waals surface area contributed by atoms with Gasteiger partial charge in [0.15, 0.2) is 6.10 Å². The van der Waals surface area contributed by atoms with E-state index in [9.17, 15) is 9.90 Å². The number of carbonyl (C=O) groups is 1. The Kier molecular flexibility index (Phi) is 4.83. The second-order valence-electron chi connectivity index (χ2n) is 7.61. The molecule has 1 saturated heterocycles. The van der Waals surface area contributed by atoms with Gasteiger partial charge in [0.25, 0.3) is 0 Å². The molecule has 2 heterocycles. The smallest absolute Gasteiger partial charge is 0.333 e. The molecule has 0 radical (unpaired) electrons. The Hall–Kier alpha value is -1.59. The number of rotatable bonds is 5. The Morgan fingerprint density at radius 3 is 2.75 bits per heavy atom. The molecule has 1 aromatic rings. The first-order valence-electron chi connectivity index (χ1n) is 8.65. The van der Waals surface area contributed by atoms with Crippen LogP contribution in [0.5, 0.6) is 5.75 Å². The van der Waals surface area contributed by atoms with Crippen molar-refractivity contribution in [3.8, 4) is 5.75 Å². The van der Waals surface area contributed by atoms with E-state index < -0.39 is 12.1 Å². The predicted octanol–water partition coefficient (Wildman–Crippen LogP) is 2.67. The van der Waals surface area contributed by atoms with Crippen molar-refractivity contribution >= 4 is 5.97 Å². The van der Waals surface area contributed by atoms with Crippen LogP contribution in [0.4, 0.5) is 0 Å². The summed E-state index contributed by atoms with van der Waals surface area (Å²) in [7, 11) is 1.48. The molecule has 24 heavy (non-hydrogen) atoms. The third-order valence-electron chi connectivity index (χ3n) is 5.33. The first-order valence-corrected chi connectivity index (χ1v) is 8.65. The van der Waals surface area contributed by atoms with Crippen LogP contribution in [0, 0.1) is 5.92 Å². The van der Waals surface area contributed by atoms with E-state index in [0.29, 0.717) is 0 Å². The van der Waals surface area contributed by atoms with Crippen molar-refractivity contribution in [1.82, 2.24) is 4.90 Å². The zero-order valence-corrected chi connectivity index (χ0v) is 14.7. The number of aliphatic carboxylic acids is 1. The lowest BCUT2D eigenvalue weighted by molar-refractivity contribution is -0.153. The number of hydrogen-bond acceptors (Lipinski definition) is 4. The molecule has 5 nitrogen and oxygen atoms in total. The molecule has 132 valence electrons. The second-order valence-corrected chi connectivity index (χ2v) is 7.61. The van der Waals surface area contributed by atoms with Gasteiger partial charge in [0.1, 0.15) is 5.75 Å². The third-order valence-corrected chi connectivity index (χ3v) is 5.33. The lowest BCUT2D eigenvalue weighted by Crippen LogP contribution is -2.41. The number of fused-ring (bicyclic) bond motifs is 1. The van der Waals surface area contributed by atoms with Gasteiger partial charge in [-0.2, -0.15) is 0 Å². The number of ether oxygens (including phenoxy) is 2. The van der Waals surface area contributed by atoms with E-state index in [1.165, 1.54) is 18.2 Å². The van der Waals surface area contributed by atoms with Crippen LogP contribution in [0.15, 0.2) is 18.2 Å². The topological polar surface area (TPSA) is 59.0 Å². The van der Waals surface area contributed by atoms with Gasteiger partial charge < -0.3 is 14.6 Å². The summed E-state index contributed by atoms with van der Waals surface area (Å²) in [4.78, 5) is 13.6. The summed E-state index contributed by atoms with van der Waals surface area (Å²) in [6.07, 6.45) is 1.04. The van der Waals surface area contributed by atoms with Gasteiger partial charge in [0.05, 0.1) is 6.61 Å². The van der Waals surface area contributed by atoms with Crippen molar-refractivity contribution in [3.63, 3.8) is 0 Å². The van der Waals surface area contributed by atoms with E-state index in [1.54, 1.807) is 0 Å². The molecule has 2 aliphatic rings. The molecule has 2 aliphatic heterocycles. The Bertz CT molecular complexity index is 605. The van der Waals surface area contributed by atoms with Gasteiger partial charge in [-0.15, -0.1) is 0 Å². The molecule has 1 atom stereocenters. The fourth-order valence-corrected chi connectivity index (χ4v) is 3.85. The normalized spacial score (nSPS) is 22.0. The van der Waals surface area contributed by atoms with Crippen molar-refractivity contribution in [2.45, 2.75) is 44.8 Å². The Morgan fingerprint density at radius 1 is 1.42 bits per heavy atom. The Balaban J connectivity index is 1.58. The minimum Gasteiger partial charge on any atom is -0.492 e. The highest BCUT2D eigenvalue weighted by atomic mass is 16.5. The molecule has 1 fully saturated rings. The maximum atomic E-state index is 11.2. The zero-order valence-electron chi connectivity index (χ0n) is 14.7. The highest BCUT2D eigenvalue weighted by Crippen LogP contribution is 2.39. The fraction of sp³-hybridized carbons (Fsp3) is 0.632. The number of carboxylic acid groups (broad SMARTS) is 1. The van der Waals surface area contributed by atoms with E-state index in [1.807, 2.05) is 0 Å². The fourth-order valence-electron chi connectivity index (χ4n) is 3.85. The second kappa shape index (κ2) is 6.73. The third kappa shape index (κ3) is 3.42. The molecule has 0 amide bonds. The maximum Gasteiger partial charge on any atom is 0.333 e. The number of carboxylic acids is 1. The highest BCUT2D eigenvalue weighted by Gasteiger charge is 2.33. The molecular weight excluding hydrogens is 306 g/mol. The molecule has 1 N–H and O–H groups in total. The molecule has 0 aliphatic carbocycles. The van der Waals surface area contributed by atoms with E-state index in [4.69, 9.17) is 9.47 Å². The maximum absolute atomic E-state index is 11.2. The van der Waals surface area contributed by atoms with Gasteiger partial charge in [-0.3, -0.25) is 4.90 Å². The quantitative estimate of drug-likeness (QED) is 0.898. The number of methoxy groups -OCH3 is 1. The van der Waals surface area contributed by atoms with Gasteiger partial charge in [-0.1, -0.05) is 26.0 Å². The van der Waals surface area contributed by atoms with Gasteiger partial charge in [-0.05, 0) is 43.5 Å². The minimum absolute atomic E-state index is 0.0954. The van der Waals surface area contributed by atoms with Crippen molar-refractivity contribution in [1.29, 1.82) is 0 Å². The number of hydrogen-bond donors (Lipinski definition) is 1. The highest BCUT2D eigenvalue weighted by molar-refractivity contribution is 5.72. The first kappa shape index (κ1) is 17.2. The predicted molar refractivity (Wildman–Crippen MR) is 91.4 cm³/mol. The van der Waals surface area contributed by atoms with Crippen LogP contribution in [0.2, 0.25) is 0 Å². The van der Waals surface area contributed by atoms with Gasteiger partial charge in [-0.25, -0.2) is 4.79 Å². The van der Waals surface area contributed by atoms with Crippen molar-refractivity contribution < 1.29 is 19.4 Å². The lowest BCUT2D eigenvalue weighted by atomic mass is 9.86. The molecule has 0 spiro atoms. The summed E-state index contributed by atoms with van der Waals surface area (Å²) in [5, 5.41) is 9.21. The zero-order chi connectivity index (χ0) is 17.3. The lowest BCUT2D eigenvalue weighted by Gasteiger charge is -2.34. The number of likely N-dealkylation sites (tertiary alicyclic amines) is 1. The summed E-state index contributed by atoms with van der Waals surface area (Å²) in [6, 6.07) is 6.54. The van der Waals surface area contributed by atoms with E-state index in [-0.39, 0.29) is 11.3 Å². The molecule has 0 bridgehead atoms. The Labute approximate surface area is 143 Å². The van der Waals surface area contributed by atoms with Crippen LogP contribution in [0.3, 0.4) is 0 Å². The number of piperidine rings is 1. The van der Waals surface area contributed by atoms with E-state index in [2.05, 4.69) is 36.9 Å². The van der Waals surface area contributed by atoms with Crippen molar-refractivity contribution in [2.24, 2.45) is 5.92 Å². The molecule has 5 heteroatoms. The standard InChI is InChI=1S/C19H27NO4/c1-19(2)12-24-16-10-13(4-5-15(16)19)11-20-8-6-14(7-9-20)17(23-3)18(21)22/h4-5,10,14,17H,6-9,11-12H2,1-3H3,(H,21,22). The van der Waals surface area contributed by atoms with E-state index in [0.717, 1.165) is 44.8 Å². The average Bonchev–Trinajstić information content (AvgIpc) is 2.84. The summed E-state index contributed by atoms with van der Waals surface area (Å²) < 4.78 is 11.0. The summed E-state index contributed by atoms with van der Waals surface area (Å²) in [6.45, 7) is 7.84. The average molecular weight is 333 g/mol. The Morgan fingerprint density at radius 2 is 2.12 bits per heavy atom. The summed E-state index contributed by atoms with van der Waals surface area (Å²) in [5.41, 5.74) is 2.64. The molecule has 0 saturated carbocycles. The van der Waals surface area contributed by atoms with E-state index >= 15 is 0 Å². The monoisotopic (exact) mass is 333 g/mol. The molecule has 1 unspecified atom stereocenters. The van der Waals surface area contributed by atoms with Crippen LogP contribution in [0.25, 0.3) is 0 Å². The van der Waals surface area contributed by atoms with Gasteiger partial charge >= 0.3 is 5.97 Å². The minimum atomic E-state index is -0.852. The summed E-state index contributed by atoms with van der Waals surface area (Å²) >= 11 is 0. The molecular formula is C19H27NO4. The molecule has 1 aromatic carbocycles. The summed E-state index contributed by atoms with van der Waals surface area (Å²) in [5.74, 6) is 0.264. The largest absolute Gasteiger partial charge is 0.492 e. The first-order chi connectivity index (χ1) is 11.4. The van der Waals surface area contributed by atoms with Crippen LogP contribution >= 0.6 is 0 Å². The van der Waals surface area contributed by atoms with Crippen LogP contribution in [-0.4, -0.2) is 48.9 Å². The van der Waals surface area contributed by atoms with Crippen LogP contribution in [0.1, 0.15) is 37.8 Å². The molecule has 0 aromatic heterocycles. The SMILES string of the molecule is COC(C(=O)O)C1CCN(Cc2ccc3c(c2)OCC3(C)C)CC1. The van der Waals surface area contributed by atoms with Crippen molar-refractivity contribution in [3.05, 3.63) is 29.3 Å². The number of benzene rings is 1. The van der Waals surface area contributed by atoms with Crippen molar-refractivity contribution in [2.75, 3.05) is 26.8 Å². The van der Waals surface area contributed by atoms with Crippen LogP contribution < -0.4 is 4.74 Å². The molecule has 3 rings (SSSR count).